The molecule has 6 heteroatoms. The summed E-state index contributed by atoms with van der Waals surface area (Å²) in [7, 11) is 0. The second kappa shape index (κ2) is 4.67. The Hall–Kier alpha value is -1.69. The number of nitrogens with one attached hydrogen (secondary N) is 1. The molecule has 0 fully saturated rings. The van der Waals surface area contributed by atoms with Gasteiger partial charge in [-0.3, -0.25) is 9.48 Å². The van der Waals surface area contributed by atoms with Crippen molar-refractivity contribution in [3.63, 3.8) is 0 Å². The largest absolute Gasteiger partial charge is 0.300 e. The molecule has 2 heterocycles. The average Bonchev–Trinajstić information content (AvgIpc) is 2.89. The molecule has 5 nitrogen and oxygen atoms in total. The topological polar surface area (TPSA) is 59.8 Å². The monoisotopic (exact) mass is 250 g/mol. The number of aryl methyl sites for hydroxylation is 2. The second-order valence-corrected chi connectivity index (χ2v) is 5.02. The third-order valence-electron chi connectivity index (χ3n) is 2.56. The van der Waals surface area contributed by atoms with Gasteiger partial charge in [-0.1, -0.05) is 0 Å². The lowest BCUT2D eigenvalue weighted by molar-refractivity contribution is -0.119. The summed E-state index contributed by atoms with van der Waals surface area (Å²) >= 11 is 1.48. The van der Waals surface area contributed by atoms with Crippen molar-refractivity contribution in [3.05, 3.63) is 29.0 Å². The highest BCUT2D eigenvalue weighted by molar-refractivity contribution is 7.15. The van der Waals surface area contributed by atoms with Crippen molar-refractivity contribution in [3.8, 4) is 0 Å². The molecule has 0 aliphatic carbocycles. The maximum absolute atomic E-state index is 11.9. The SMILES string of the molecule is Cc1nc(NC(=O)C(C)n2cccn2)sc1C. The summed E-state index contributed by atoms with van der Waals surface area (Å²) in [5, 5.41) is 7.48. The Morgan fingerprint density at radius 2 is 2.29 bits per heavy atom. The molecule has 0 aliphatic rings. The summed E-state index contributed by atoms with van der Waals surface area (Å²) in [6.07, 6.45) is 3.42. The maximum Gasteiger partial charge on any atom is 0.250 e. The van der Waals surface area contributed by atoms with Gasteiger partial charge < -0.3 is 5.32 Å². The van der Waals surface area contributed by atoms with Gasteiger partial charge in [0.25, 0.3) is 5.91 Å². The first-order valence-electron chi connectivity index (χ1n) is 5.32. The van der Waals surface area contributed by atoms with Crippen LogP contribution in [0.5, 0.6) is 0 Å². The molecular weight excluding hydrogens is 236 g/mol. The standard InChI is InChI=1S/C11H14N4OS/c1-7-9(3)17-11(13-7)14-10(16)8(2)15-6-4-5-12-15/h4-6,8H,1-3H3,(H,13,14,16). The third kappa shape index (κ3) is 2.52. The number of hydrogen-bond donors (Lipinski definition) is 1. The van der Waals surface area contributed by atoms with Crippen LogP contribution in [0, 0.1) is 13.8 Å². The minimum Gasteiger partial charge on any atom is -0.300 e. The van der Waals surface area contributed by atoms with Crippen molar-refractivity contribution < 1.29 is 4.79 Å². The Kier molecular flexibility index (Phi) is 3.23. The number of carbonyl (C=O) groups is 1. The van der Waals surface area contributed by atoms with Gasteiger partial charge in [-0.05, 0) is 26.8 Å². The molecule has 2 aromatic heterocycles. The van der Waals surface area contributed by atoms with Gasteiger partial charge in [-0.2, -0.15) is 5.10 Å². The summed E-state index contributed by atoms with van der Waals surface area (Å²) in [4.78, 5) is 17.3. The lowest BCUT2D eigenvalue weighted by Gasteiger charge is -2.10. The molecule has 2 rings (SSSR count). The fourth-order valence-electron chi connectivity index (χ4n) is 1.37. The van der Waals surface area contributed by atoms with Crippen LogP contribution >= 0.6 is 11.3 Å². The van der Waals surface area contributed by atoms with Gasteiger partial charge in [0.05, 0.1) is 5.69 Å². The van der Waals surface area contributed by atoms with Gasteiger partial charge in [-0.25, -0.2) is 4.98 Å². The van der Waals surface area contributed by atoms with Crippen molar-refractivity contribution in [1.29, 1.82) is 0 Å². The quantitative estimate of drug-likeness (QED) is 0.908. The molecule has 0 saturated heterocycles. The zero-order valence-corrected chi connectivity index (χ0v) is 10.8. The summed E-state index contributed by atoms with van der Waals surface area (Å²) in [6.45, 7) is 5.72. The van der Waals surface area contributed by atoms with Gasteiger partial charge >= 0.3 is 0 Å². The smallest absolute Gasteiger partial charge is 0.250 e. The molecule has 0 spiro atoms. The van der Waals surface area contributed by atoms with E-state index in [1.165, 1.54) is 11.3 Å². The van der Waals surface area contributed by atoms with Crippen LogP contribution in [0.2, 0.25) is 0 Å². The first-order chi connectivity index (χ1) is 8.08. The van der Waals surface area contributed by atoms with Crippen molar-refractivity contribution in [1.82, 2.24) is 14.8 Å². The van der Waals surface area contributed by atoms with Gasteiger partial charge in [0.15, 0.2) is 5.13 Å². The van der Waals surface area contributed by atoms with Crippen LogP contribution in [0.15, 0.2) is 18.5 Å². The minimum absolute atomic E-state index is 0.109. The van der Waals surface area contributed by atoms with Gasteiger partial charge in [0, 0.05) is 17.3 Å². The van der Waals surface area contributed by atoms with E-state index < -0.39 is 0 Å². The van der Waals surface area contributed by atoms with Crippen molar-refractivity contribution >= 4 is 22.4 Å². The molecule has 1 atom stereocenters. The molecule has 0 aliphatic heterocycles. The highest BCUT2D eigenvalue weighted by Crippen LogP contribution is 2.21. The lowest BCUT2D eigenvalue weighted by atomic mass is 10.3. The maximum atomic E-state index is 11.9. The van der Waals surface area contributed by atoms with E-state index in [9.17, 15) is 4.79 Å². The van der Waals surface area contributed by atoms with E-state index in [2.05, 4.69) is 15.4 Å². The van der Waals surface area contributed by atoms with E-state index in [1.54, 1.807) is 30.1 Å². The number of nitrogens with zero attached hydrogens (tertiary/aromatic N) is 3. The third-order valence-corrected chi connectivity index (χ3v) is 3.55. The summed E-state index contributed by atoms with van der Waals surface area (Å²) < 4.78 is 1.61. The molecule has 1 amide bonds. The molecule has 2 aromatic rings. The summed E-state index contributed by atoms with van der Waals surface area (Å²) in [5.41, 5.74) is 0.956. The van der Waals surface area contributed by atoms with E-state index in [0.29, 0.717) is 5.13 Å². The lowest BCUT2D eigenvalue weighted by Crippen LogP contribution is -2.23. The predicted octanol–water partition coefficient (Wildman–Crippen LogP) is 2.16. The number of carbonyl (C=O) groups excluding carboxylic acids is 1. The molecule has 0 radical (unpaired) electrons. The van der Waals surface area contributed by atoms with Gasteiger partial charge in [-0.15, -0.1) is 11.3 Å². The molecule has 0 saturated carbocycles. The number of anilines is 1. The fraction of sp³-hybridized carbons (Fsp3) is 0.364. The van der Waals surface area contributed by atoms with Crippen LogP contribution < -0.4 is 5.32 Å². The number of thiazole rings is 1. The predicted molar refractivity (Wildman–Crippen MR) is 67.2 cm³/mol. The van der Waals surface area contributed by atoms with Gasteiger partial charge in [0.2, 0.25) is 0 Å². The van der Waals surface area contributed by atoms with Crippen LogP contribution in [0.4, 0.5) is 5.13 Å². The van der Waals surface area contributed by atoms with Crippen molar-refractivity contribution in [2.24, 2.45) is 0 Å². The zero-order valence-electron chi connectivity index (χ0n) is 9.97. The Morgan fingerprint density at radius 3 is 2.82 bits per heavy atom. The van der Waals surface area contributed by atoms with E-state index in [-0.39, 0.29) is 11.9 Å². The highest BCUT2D eigenvalue weighted by atomic mass is 32.1. The highest BCUT2D eigenvalue weighted by Gasteiger charge is 2.16. The molecule has 1 N–H and O–H groups in total. The normalized spacial score (nSPS) is 12.4. The Morgan fingerprint density at radius 1 is 1.53 bits per heavy atom. The molecular formula is C11H14N4OS. The molecule has 0 aromatic carbocycles. The fourth-order valence-corrected chi connectivity index (χ4v) is 2.18. The van der Waals surface area contributed by atoms with Crippen LogP contribution in [0.3, 0.4) is 0 Å². The second-order valence-electron chi connectivity index (χ2n) is 3.81. The number of amides is 1. The van der Waals surface area contributed by atoms with Crippen LogP contribution in [-0.4, -0.2) is 20.7 Å². The molecule has 0 bridgehead atoms. The summed E-state index contributed by atoms with van der Waals surface area (Å²) in [6, 6.07) is 1.45. The number of hydrogen-bond acceptors (Lipinski definition) is 4. The van der Waals surface area contributed by atoms with Crippen LogP contribution in [0.25, 0.3) is 0 Å². The summed E-state index contributed by atoms with van der Waals surface area (Å²) in [5.74, 6) is -0.109. The average molecular weight is 250 g/mol. The zero-order chi connectivity index (χ0) is 12.4. The van der Waals surface area contributed by atoms with Crippen LogP contribution in [0.1, 0.15) is 23.5 Å². The van der Waals surface area contributed by atoms with E-state index in [0.717, 1.165) is 10.6 Å². The minimum atomic E-state index is -0.338. The van der Waals surface area contributed by atoms with Crippen molar-refractivity contribution in [2.45, 2.75) is 26.8 Å². The van der Waals surface area contributed by atoms with E-state index in [1.807, 2.05) is 13.8 Å². The van der Waals surface area contributed by atoms with E-state index >= 15 is 0 Å². The first kappa shape index (κ1) is 11.8. The Labute approximate surface area is 103 Å². The van der Waals surface area contributed by atoms with Crippen LogP contribution in [-0.2, 0) is 4.79 Å². The molecule has 1 unspecified atom stereocenters. The van der Waals surface area contributed by atoms with E-state index in [4.69, 9.17) is 0 Å². The Balaban J connectivity index is 2.07. The number of rotatable bonds is 3. The molecule has 17 heavy (non-hydrogen) atoms. The van der Waals surface area contributed by atoms with Crippen molar-refractivity contribution in [2.75, 3.05) is 5.32 Å². The van der Waals surface area contributed by atoms with Gasteiger partial charge in [0.1, 0.15) is 6.04 Å². The number of aromatic nitrogens is 3. The molecule has 90 valence electrons. The Bertz CT molecular complexity index is 498. The first-order valence-corrected chi connectivity index (χ1v) is 6.13.